The molecule has 0 amide bonds. The summed E-state index contributed by atoms with van der Waals surface area (Å²) in [6, 6.07) is 0. The minimum absolute atomic E-state index is 0.122. The number of ether oxygens (including phenoxy) is 1. The van der Waals surface area contributed by atoms with E-state index in [1.807, 2.05) is 6.08 Å². The van der Waals surface area contributed by atoms with Gasteiger partial charge in [-0.15, -0.1) is 0 Å². The zero-order chi connectivity index (χ0) is 18.2. The topological polar surface area (TPSA) is 90.2 Å². The van der Waals surface area contributed by atoms with Crippen molar-refractivity contribution in [2.75, 3.05) is 6.61 Å². The fourth-order valence-corrected chi connectivity index (χ4v) is 3.27. The number of rotatable bonds is 10. The third-order valence-corrected chi connectivity index (χ3v) is 4.85. The molecular weight excluding hydrogens is 322 g/mol. The molecule has 0 saturated carbocycles. The molecular formula is C19H31NO5. The summed E-state index contributed by atoms with van der Waals surface area (Å²) in [6.45, 7) is 1.82. The zero-order valence-electron chi connectivity index (χ0n) is 15.0. The summed E-state index contributed by atoms with van der Waals surface area (Å²) in [5.41, 5.74) is 0.689. The van der Waals surface area contributed by atoms with Gasteiger partial charge >= 0.3 is 0 Å². The summed E-state index contributed by atoms with van der Waals surface area (Å²) in [6.07, 6.45) is 9.37. The van der Waals surface area contributed by atoms with Crippen molar-refractivity contribution in [3.05, 3.63) is 24.0 Å². The average Bonchev–Trinajstić information content (AvgIpc) is 2.92. The molecule has 4 atom stereocenters. The van der Waals surface area contributed by atoms with Crippen molar-refractivity contribution in [2.24, 2.45) is 0 Å². The van der Waals surface area contributed by atoms with Crippen LogP contribution in [-0.4, -0.2) is 57.1 Å². The van der Waals surface area contributed by atoms with Crippen molar-refractivity contribution in [1.82, 2.24) is 4.90 Å². The molecule has 3 N–H and O–H groups in total. The van der Waals surface area contributed by atoms with E-state index in [1.165, 1.54) is 25.7 Å². The highest BCUT2D eigenvalue weighted by Gasteiger charge is 2.44. The Balaban J connectivity index is 1.85. The molecule has 142 valence electrons. The van der Waals surface area contributed by atoms with Crippen molar-refractivity contribution in [3.8, 4) is 0 Å². The van der Waals surface area contributed by atoms with Gasteiger partial charge in [-0.3, -0.25) is 4.79 Å². The standard InChI is InChI=1S/C19H31NO5/c1-2-3-4-5-6-7-10-15(22)14-9-8-11-20(12-14)19-18(24)17(23)16(13-21)25-19/h8,11-12,16-19,21,23-24H,2-7,9-10,13H2,1H3/t16-,17?,18?,19-/m1/s1. The fourth-order valence-electron chi connectivity index (χ4n) is 3.27. The minimum atomic E-state index is -1.14. The van der Waals surface area contributed by atoms with Crippen LogP contribution < -0.4 is 0 Å². The largest absolute Gasteiger partial charge is 0.394 e. The molecule has 6 heteroatoms. The molecule has 2 rings (SSSR count). The first kappa shape index (κ1) is 20.1. The predicted molar refractivity (Wildman–Crippen MR) is 94.4 cm³/mol. The molecule has 25 heavy (non-hydrogen) atoms. The summed E-state index contributed by atoms with van der Waals surface area (Å²) in [5.74, 6) is 0.122. The third-order valence-electron chi connectivity index (χ3n) is 4.85. The maximum Gasteiger partial charge on any atom is 0.162 e. The predicted octanol–water partition coefficient (Wildman–Crippen LogP) is 1.85. The summed E-state index contributed by atoms with van der Waals surface area (Å²) in [4.78, 5) is 14.0. The van der Waals surface area contributed by atoms with E-state index < -0.39 is 24.5 Å². The molecule has 1 saturated heterocycles. The van der Waals surface area contributed by atoms with Crippen LogP contribution in [0.4, 0.5) is 0 Å². The number of aliphatic hydroxyl groups is 3. The smallest absolute Gasteiger partial charge is 0.162 e. The number of Topliss-reactive ketones (excluding diaryl/α,β-unsaturated/α-hetero) is 1. The highest BCUT2D eigenvalue weighted by molar-refractivity contribution is 5.95. The van der Waals surface area contributed by atoms with Crippen LogP contribution in [0.15, 0.2) is 24.0 Å². The van der Waals surface area contributed by atoms with E-state index >= 15 is 0 Å². The van der Waals surface area contributed by atoms with Gasteiger partial charge in [0.1, 0.15) is 18.3 Å². The van der Waals surface area contributed by atoms with Crippen molar-refractivity contribution < 1.29 is 24.9 Å². The van der Waals surface area contributed by atoms with Crippen LogP contribution in [0, 0.1) is 0 Å². The highest BCUT2D eigenvalue weighted by atomic mass is 16.6. The number of nitrogens with zero attached hydrogens (tertiary/aromatic N) is 1. The van der Waals surface area contributed by atoms with Gasteiger partial charge in [0.25, 0.3) is 0 Å². The Morgan fingerprint density at radius 1 is 1.20 bits per heavy atom. The lowest BCUT2D eigenvalue weighted by atomic mass is 10.0. The summed E-state index contributed by atoms with van der Waals surface area (Å²) < 4.78 is 5.51. The molecule has 0 radical (unpaired) electrons. The Hall–Kier alpha value is -1.21. The van der Waals surface area contributed by atoms with Crippen LogP contribution in [0.25, 0.3) is 0 Å². The summed E-state index contributed by atoms with van der Waals surface area (Å²) in [7, 11) is 0. The Labute approximate surface area is 149 Å². The number of unbranched alkanes of at least 4 members (excludes halogenated alkanes) is 5. The number of ketones is 1. The maximum absolute atomic E-state index is 12.4. The number of hydrogen-bond donors (Lipinski definition) is 3. The van der Waals surface area contributed by atoms with Crippen LogP contribution in [0.2, 0.25) is 0 Å². The van der Waals surface area contributed by atoms with E-state index in [9.17, 15) is 20.1 Å². The number of allylic oxidation sites excluding steroid dienone is 2. The second-order valence-corrected chi connectivity index (χ2v) is 6.86. The minimum Gasteiger partial charge on any atom is -0.394 e. The van der Waals surface area contributed by atoms with Gasteiger partial charge in [-0.2, -0.15) is 0 Å². The molecule has 0 aliphatic carbocycles. The van der Waals surface area contributed by atoms with Gasteiger partial charge in [-0.05, 0) is 12.8 Å². The van der Waals surface area contributed by atoms with Gasteiger partial charge in [0.15, 0.2) is 12.0 Å². The number of hydrogen-bond acceptors (Lipinski definition) is 6. The van der Waals surface area contributed by atoms with E-state index in [2.05, 4.69) is 6.92 Å². The quantitative estimate of drug-likeness (QED) is 0.519. The molecule has 0 spiro atoms. The van der Waals surface area contributed by atoms with Gasteiger partial charge in [0.2, 0.25) is 0 Å². The van der Waals surface area contributed by atoms with Crippen molar-refractivity contribution >= 4 is 5.78 Å². The Bertz CT molecular complexity index is 490. The Morgan fingerprint density at radius 3 is 2.60 bits per heavy atom. The van der Waals surface area contributed by atoms with Crippen LogP contribution in [0.3, 0.4) is 0 Å². The van der Waals surface area contributed by atoms with Crippen LogP contribution in [0.5, 0.6) is 0 Å². The monoisotopic (exact) mass is 353 g/mol. The maximum atomic E-state index is 12.4. The van der Waals surface area contributed by atoms with Crippen LogP contribution in [-0.2, 0) is 9.53 Å². The molecule has 2 unspecified atom stereocenters. The fraction of sp³-hybridized carbons (Fsp3) is 0.737. The summed E-state index contributed by atoms with van der Waals surface area (Å²) in [5, 5.41) is 29.2. The van der Waals surface area contributed by atoms with Gasteiger partial charge in [-0.25, -0.2) is 0 Å². The molecule has 2 aliphatic rings. The molecule has 6 nitrogen and oxygen atoms in total. The number of aliphatic hydroxyl groups excluding tert-OH is 3. The van der Waals surface area contributed by atoms with E-state index in [4.69, 9.17) is 4.74 Å². The van der Waals surface area contributed by atoms with Gasteiger partial charge < -0.3 is 25.0 Å². The molecule has 0 bridgehead atoms. The number of carbonyl (C=O) groups is 1. The molecule has 2 aliphatic heterocycles. The highest BCUT2D eigenvalue weighted by Crippen LogP contribution is 2.27. The molecule has 0 aromatic heterocycles. The van der Waals surface area contributed by atoms with E-state index in [1.54, 1.807) is 17.3 Å². The lowest BCUT2D eigenvalue weighted by molar-refractivity contribution is -0.116. The lowest BCUT2D eigenvalue weighted by Crippen LogP contribution is -2.40. The zero-order valence-corrected chi connectivity index (χ0v) is 15.0. The van der Waals surface area contributed by atoms with E-state index in [-0.39, 0.29) is 12.4 Å². The summed E-state index contributed by atoms with van der Waals surface area (Å²) >= 11 is 0. The second-order valence-electron chi connectivity index (χ2n) is 6.86. The first-order valence-electron chi connectivity index (χ1n) is 9.39. The van der Waals surface area contributed by atoms with Gasteiger partial charge in [0.05, 0.1) is 6.61 Å². The van der Waals surface area contributed by atoms with E-state index in [0.717, 1.165) is 12.8 Å². The Kier molecular flexibility index (Phi) is 8.09. The van der Waals surface area contributed by atoms with Crippen molar-refractivity contribution in [1.29, 1.82) is 0 Å². The third kappa shape index (κ3) is 5.38. The first-order chi connectivity index (χ1) is 12.1. The normalized spacial score (nSPS) is 29.1. The van der Waals surface area contributed by atoms with Crippen LogP contribution >= 0.6 is 0 Å². The Morgan fingerprint density at radius 2 is 1.92 bits per heavy atom. The second kappa shape index (κ2) is 10.1. The average molecular weight is 353 g/mol. The van der Waals surface area contributed by atoms with Gasteiger partial charge in [0, 0.05) is 24.4 Å². The molecule has 1 fully saturated rings. The van der Waals surface area contributed by atoms with E-state index in [0.29, 0.717) is 18.4 Å². The number of carbonyl (C=O) groups excluding carboxylic acids is 1. The molecule has 0 aromatic rings. The van der Waals surface area contributed by atoms with Gasteiger partial charge in [-0.1, -0.05) is 45.1 Å². The lowest BCUT2D eigenvalue weighted by Gasteiger charge is -2.29. The van der Waals surface area contributed by atoms with Crippen molar-refractivity contribution in [2.45, 2.75) is 82.8 Å². The van der Waals surface area contributed by atoms with Crippen LogP contribution in [0.1, 0.15) is 58.3 Å². The molecule has 0 aromatic carbocycles. The SMILES string of the molecule is CCCCCCCCC(=O)C1=CN([C@@H]2O[C@H](CO)C(O)C2O)C=CC1. The first-order valence-corrected chi connectivity index (χ1v) is 9.39. The molecule has 2 heterocycles. The van der Waals surface area contributed by atoms with Crippen molar-refractivity contribution in [3.63, 3.8) is 0 Å².